The lowest BCUT2D eigenvalue weighted by Gasteiger charge is -2.20. The zero-order chi connectivity index (χ0) is 8.91. The molecule has 0 amide bonds. The van der Waals surface area contributed by atoms with E-state index in [-0.39, 0.29) is 0 Å². The molecule has 4 heteroatoms. The molecule has 0 radical (unpaired) electrons. The third-order valence-electron chi connectivity index (χ3n) is 1.32. The molecule has 0 bridgehead atoms. The number of allylic oxidation sites excluding steroid dienone is 1. The van der Waals surface area contributed by atoms with Gasteiger partial charge >= 0.3 is 8.80 Å². The molecule has 0 aromatic carbocycles. The molecule has 0 unspecified atom stereocenters. The van der Waals surface area contributed by atoms with Crippen LogP contribution >= 0.6 is 0 Å². The van der Waals surface area contributed by atoms with Gasteiger partial charge in [-0.1, -0.05) is 5.57 Å². The van der Waals surface area contributed by atoms with Crippen LogP contribution in [0.2, 0.25) is 0 Å². The van der Waals surface area contributed by atoms with Gasteiger partial charge in [0, 0.05) is 21.3 Å². The van der Waals surface area contributed by atoms with E-state index in [1.807, 2.05) is 19.5 Å². The summed E-state index contributed by atoms with van der Waals surface area (Å²) in [5, 5.41) is 0. The summed E-state index contributed by atoms with van der Waals surface area (Å²) in [4.78, 5) is 0. The Morgan fingerprint density at radius 2 is 1.36 bits per heavy atom. The molecule has 0 atom stereocenters. The standard InChI is InChI=1S/C7H16O3Si/c1-7(2)6-11(8-3,9-4)10-5/h6H,1-5H3. The van der Waals surface area contributed by atoms with Crippen LogP contribution in [0.3, 0.4) is 0 Å². The minimum Gasteiger partial charge on any atom is -0.374 e. The molecule has 66 valence electrons. The van der Waals surface area contributed by atoms with E-state index in [0.29, 0.717) is 0 Å². The zero-order valence-corrected chi connectivity index (χ0v) is 8.80. The van der Waals surface area contributed by atoms with Crippen molar-refractivity contribution < 1.29 is 13.3 Å². The van der Waals surface area contributed by atoms with Crippen LogP contribution in [0.1, 0.15) is 13.8 Å². The van der Waals surface area contributed by atoms with Crippen molar-refractivity contribution in [1.29, 1.82) is 0 Å². The Morgan fingerprint density at radius 1 is 1.00 bits per heavy atom. The van der Waals surface area contributed by atoms with E-state index < -0.39 is 8.80 Å². The summed E-state index contributed by atoms with van der Waals surface area (Å²) in [5.41, 5.74) is 3.05. The molecule has 11 heavy (non-hydrogen) atoms. The predicted octanol–water partition coefficient (Wildman–Crippen LogP) is 1.37. The molecule has 0 aliphatic carbocycles. The first kappa shape index (κ1) is 10.8. The SMILES string of the molecule is CO[Si](C=C(C)C)(OC)OC. The van der Waals surface area contributed by atoms with Gasteiger partial charge in [0.05, 0.1) is 0 Å². The molecule has 0 saturated carbocycles. The molecule has 0 fully saturated rings. The van der Waals surface area contributed by atoms with Crippen molar-refractivity contribution in [1.82, 2.24) is 0 Å². The Morgan fingerprint density at radius 3 is 1.45 bits per heavy atom. The van der Waals surface area contributed by atoms with E-state index in [9.17, 15) is 0 Å². The highest BCUT2D eigenvalue weighted by Gasteiger charge is 2.34. The molecule has 0 aliphatic heterocycles. The minimum atomic E-state index is -2.44. The van der Waals surface area contributed by atoms with Gasteiger partial charge in [-0.15, -0.1) is 0 Å². The van der Waals surface area contributed by atoms with Gasteiger partial charge < -0.3 is 13.3 Å². The first-order chi connectivity index (χ1) is 5.10. The second-order valence-corrected chi connectivity index (χ2v) is 5.16. The molecule has 0 saturated heterocycles. The zero-order valence-electron chi connectivity index (χ0n) is 7.80. The topological polar surface area (TPSA) is 27.7 Å². The lowest BCUT2D eigenvalue weighted by atomic mass is 10.4. The average Bonchev–Trinajstić information content (AvgIpc) is 2.00. The van der Waals surface area contributed by atoms with Gasteiger partial charge in [0.1, 0.15) is 0 Å². The Labute approximate surface area is 69.3 Å². The lowest BCUT2D eigenvalue weighted by molar-refractivity contribution is 0.138. The fourth-order valence-corrected chi connectivity index (χ4v) is 2.34. The third kappa shape index (κ3) is 3.16. The van der Waals surface area contributed by atoms with Crippen LogP contribution in [0.4, 0.5) is 0 Å². The van der Waals surface area contributed by atoms with Crippen LogP contribution in [0.15, 0.2) is 11.3 Å². The maximum Gasteiger partial charge on any atom is 0.528 e. The van der Waals surface area contributed by atoms with Crippen molar-refractivity contribution in [2.75, 3.05) is 21.3 Å². The number of hydrogen-bond acceptors (Lipinski definition) is 3. The van der Waals surface area contributed by atoms with Gasteiger partial charge in [0.25, 0.3) is 0 Å². The molecular formula is C7H16O3Si. The van der Waals surface area contributed by atoms with Crippen molar-refractivity contribution in [2.45, 2.75) is 13.8 Å². The van der Waals surface area contributed by atoms with Gasteiger partial charge in [0.2, 0.25) is 0 Å². The average molecular weight is 176 g/mol. The molecule has 0 aromatic heterocycles. The summed E-state index contributed by atoms with van der Waals surface area (Å²) in [5.74, 6) is 0. The maximum absolute atomic E-state index is 5.17. The van der Waals surface area contributed by atoms with Crippen LogP contribution in [-0.4, -0.2) is 30.1 Å². The van der Waals surface area contributed by atoms with Gasteiger partial charge in [-0.2, -0.15) is 0 Å². The molecule has 0 rings (SSSR count). The van der Waals surface area contributed by atoms with E-state index in [2.05, 4.69) is 0 Å². The second kappa shape index (κ2) is 4.66. The minimum absolute atomic E-state index is 1.14. The molecule has 0 aliphatic rings. The van der Waals surface area contributed by atoms with Gasteiger partial charge in [-0.3, -0.25) is 0 Å². The summed E-state index contributed by atoms with van der Waals surface area (Å²) in [6.07, 6.45) is 0. The Balaban J connectivity index is 4.42. The fraction of sp³-hybridized carbons (Fsp3) is 0.714. The quantitative estimate of drug-likeness (QED) is 0.605. The highest BCUT2D eigenvalue weighted by atomic mass is 28.4. The maximum atomic E-state index is 5.17. The van der Waals surface area contributed by atoms with Crippen LogP contribution in [0, 0.1) is 0 Å². The number of hydrogen-bond donors (Lipinski definition) is 0. The first-order valence-electron chi connectivity index (χ1n) is 3.41. The molecule has 0 aromatic rings. The summed E-state index contributed by atoms with van der Waals surface area (Å²) in [6, 6.07) is 0. The van der Waals surface area contributed by atoms with Gasteiger partial charge in [-0.05, 0) is 19.5 Å². The molecular weight excluding hydrogens is 160 g/mol. The van der Waals surface area contributed by atoms with Crippen molar-refractivity contribution >= 4 is 8.80 Å². The van der Waals surface area contributed by atoms with Crippen LogP contribution in [0.5, 0.6) is 0 Å². The normalized spacial score (nSPS) is 11.4. The predicted molar refractivity (Wildman–Crippen MR) is 46.2 cm³/mol. The fourth-order valence-electron chi connectivity index (χ4n) is 0.780. The summed E-state index contributed by atoms with van der Waals surface area (Å²) >= 11 is 0. The van der Waals surface area contributed by atoms with Gasteiger partial charge in [0.15, 0.2) is 0 Å². The van der Waals surface area contributed by atoms with E-state index in [0.717, 1.165) is 5.57 Å². The van der Waals surface area contributed by atoms with Crippen molar-refractivity contribution in [3.63, 3.8) is 0 Å². The van der Waals surface area contributed by atoms with Crippen LogP contribution in [-0.2, 0) is 13.3 Å². The van der Waals surface area contributed by atoms with E-state index in [4.69, 9.17) is 13.3 Å². The van der Waals surface area contributed by atoms with Crippen molar-refractivity contribution in [3.05, 3.63) is 11.3 Å². The van der Waals surface area contributed by atoms with E-state index in [1.54, 1.807) is 21.3 Å². The molecule has 0 N–H and O–H groups in total. The summed E-state index contributed by atoms with van der Waals surface area (Å²) < 4.78 is 15.5. The van der Waals surface area contributed by atoms with E-state index in [1.165, 1.54) is 0 Å². The molecule has 3 nitrogen and oxygen atoms in total. The van der Waals surface area contributed by atoms with Crippen molar-refractivity contribution in [3.8, 4) is 0 Å². The highest BCUT2D eigenvalue weighted by Crippen LogP contribution is 2.09. The first-order valence-corrected chi connectivity index (χ1v) is 5.22. The molecule has 0 heterocycles. The number of rotatable bonds is 4. The van der Waals surface area contributed by atoms with Crippen LogP contribution in [0.25, 0.3) is 0 Å². The Kier molecular flexibility index (Phi) is 4.59. The highest BCUT2D eigenvalue weighted by molar-refractivity contribution is 6.66. The Hall–Kier alpha value is -0.163. The lowest BCUT2D eigenvalue weighted by Crippen LogP contribution is -2.41. The smallest absolute Gasteiger partial charge is 0.374 e. The summed E-state index contributed by atoms with van der Waals surface area (Å²) in [6.45, 7) is 3.97. The van der Waals surface area contributed by atoms with Gasteiger partial charge in [-0.25, -0.2) is 0 Å². The second-order valence-electron chi connectivity index (χ2n) is 2.44. The third-order valence-corrected chi connectivity index (χ3v) is 3.96. The van der Waals surface area contributed by atoms with E-state index >= 15 is 0 Å². The monoisotopic (exact) mass is 176 g/mol. The molecule has 0 spiro atoms. The largest absolute Gasteiger partial charge is 0.528 e. The Bertz CT molecular complexity index is 128. The van der Waals surface area contributed by atoms with Crippen molar-refractivity contribution in [2.24, 2.45) is 0 Å². The summed E-state index contributed by atoms with van der Waals surface area (Å²) in [7, 11) is 2.35. The van der Waals surface area contributed by atoms with Crippen LogP contribution < -0.4 is 0 Å².